The van der Waals surface area contributed by atoms with Crippen LogP contribution < -0.4 is 0 Å². The minimum absolute atomic E-state index is 0.334. The highest BCUT2D eigenvalue weighted by Crippen LogP contribution is 2.27. The van der Waals surface area contributed by atoms with E-state index in [1.165, 1.54) is 6.42 Å². The monoisotopic (exact) mass is 202 g/mol. The van der Waals surface area contributed by atoms with E-state index in [0.717, 1.165) is 26.1 Å². The predicted octanol–water partition coefficient (Wildman–Crippen LogP) is 3.60. The first-order valence-electron chi connectivity index (χ1n) is 5.91. The molecule has 0 radical (unpaired) electrons. The van der Waals surface area contributed by atoms with Gasteiger partial charge in [0.15, 0.2) is 5.79 Å². The van der Waals surface area contributed by atoms with Crippen LogP contribution in [0, 0.1) is 5.92 Å². The van der Waals surface area contributed by atoms with Gasteiger partial charge in [-0.25, -0.2) is 0 Å². The maximum absolute atomic E-state index is 5.77. The summed E-state index contributed by atoms with van der Waals surface area (Å²) in [4.78, 5) is 0. The summed E-state index contributed by atoms with van der Waals surface area (Å²) >= 11 is 0. The highest BCUT2D eigenvalue weighted by molar-refractivity contribution is 4.71. The molecule has 0 saturated carbocycles. The molecule has 0 saturated heterocycles. The molecule has 0 aromatic carbocycles. The highest BCUT2D eigenvalue weighted by atomic mass is 16.7. The van der Waals surface area contributed by atoms with E-state index in [1.807, 2.05) is 13.8 Å². The molecular formula is C12H26O2. The van der Waals surface area contributed by atoms with Gasteiger partial charge in [0.05, 0.1) is 0 Å². The molecule has 0 rings (SSSR count). The zero-order valence-electron chi connectivity index (χ0n) is 10.4. The number of hydrogen-bond donors (Lipinski definition) is 0. The molecular weight excluding hydrogens is 176 g/mol. The van der Waals surface area contributed by atoms with E-state index < -0.39 is 0 Å². The molecule has 0 aliphatic carbocycles. The lowest BCUT2D eigenvalue weighted by Gasteiger charge is -2.34. The van der Waals surface area contributed by atoms with Gasteiger partial charge in [-0.05, 0) is 26.2 Å². The van der Waals surface area contributed by atoms with Crippen molar-refractivity contribution in [3.8, 4) is 0 Å². The van der Waals surface area contributed by atoms with Gasteiger partial charge in [0.1, 0.15) is 0 Å². The van der Waals surface area contributed by atoms with E-state index in [0.29, 0.717) is 5.92 Å². The standard InChI is InChI=1S/C12H26O2/c1-6-11(5)10-12(7-2,13-8-3)14-9-4/h11H,6-10H2,1-5H3. The molecule has 0 aromatic heterocycles. The topological polar surface area (TPSA) is 18.5 Å². The van der Waals surface area contributed by atoms with Gasteiger partial charge in [-0.15, -0.1) is 0 Å². The normalized spacial score (nSPS) is 14.4. The van der Waals surface area contributed by atoms with Gasteiger partial charge >= 0.3 is 0 Å². The molecule has 1 atom stereocenters. The summed E-state index contributed by atoms with van der Waals surface area (Å²) in [5.74, 6) is 0.326. The van der Waals surface area contributed by atoms with Gasteiger partial charge < -0.3 is 9.47 Å². The van der Waals surface area contributed by atoms with E-state index in [-0.39, 0.29) is 5.79 Å². The zero-order valence-corrected chi connectivity index (χ0v) is 10.4. The van der Waals surface area contributed by atoms with Gasteiger partial charge in [0.25, 0.3) is 0 Å². The summed E-state index contributed by atoms with van der Waals surface area (Å²) in [6.45, 7) is 12.1. The van der Waals surface area contributed by atoms with Crippen molar-refractivity contribution in [1.29, 1.82) is 0 Å². The fourth-order valence-corrected chi connectivity index (χ4v) is 1.71. The Bertz CT molecular complexity index is 128. The van der Waals surface area contributed by atoms with Crippen molar-refractivity contribution < 1.29 is 9.47 Å². The molecule has 0 aromatic rings. The number of hydrogen-bond acceptors (Lipinski definition) is 2. The summed E-state index contributed by atoms with van der Waals surface area (Å²) < 4.78 is 11.5. The quantitative estimate of drug-likeness (QED) is 0.560. The Labute approximate surface area is 89.0 Å². The third-order valence-electron chi connectivity index (χ3n) is 2.71. The zero-order chi connectivity index (χ0) is 11.0. The Morgan fingerprint density at radius 1 is 1.00 bits per heavy atom. The van der Waals surface area contributed by atoms with E-state index in [9.17, 15) is 0 Å². The Morgan fingerprint density at radius 3 is 1.79 bits per heavy atom. The lowest BCUT2D eigenvalue weighted by atomic mass is 9.96. The molecule has 2 nitrogen and oxygen atoms in total. The van der Waals surface area contributed by atoms with E-state index in [1.54, 1.807) is 0 Å². The SMILES string of the molecule is CCOC(CC)(CC(C)CC)OCC. The van der Waals surface area contributed by atoms with Crippen molar-refractivity contribution in [2.75, 3.05) is 13.2 Å². The highest BCUT2D eigenvalue weighted by Gasteiger charge is 2.30. The minimum atomic E-state index is -0.334. The third kappa shape index (κ3) is 4.43. The molecule has 14 heavy (non-hydrogen) atoms. The summed E-state index contributed by atoms with van der Waals surface area (Å²) in [6, 6.07) is 0. The van der Waals surface area contributed by atoms with Crippen molar-refractivity contribution in [3.63, 3.8) is 0 Å². The lowest BCUT2D eigenvalue weighted by molar-refractivity contribution is -0.243. The molecule has 0 fully saturated rings. The van der Waals surface area contributed by atoms with Crippen LogP contribution in [0.5, 0.6) is 0 Å². The lowest BCUT2D eigenvalue weighted by Crippen LogP contribution is -2.37. The van der Waals surface area contributed by atoms with E-state index in [2.05, 4.69) is 20.8 Å². The molecule has 0 heterocycles. The summed E-state index contributed by atoms with van der Waals surface area (Å²) in [7, 11) is 0. The van der Waals surface area contributed by atoms with Crippen LogP contribution in [0.4, 0.5) is 0 Å². The molecule has 86 valence electrons. The van der Waals surface area contributed by atoms with Gasteiger partial charge in [-0.2, -0.15) is 0 Å². The fraction of sp³-hybridized carbons (Fsp3) is 1.00. The molecule has 1 unspecified atom stereocenters. The smallest absolute Gasteiger partial charge is 0.168 e. The summed E-state index contributed by atoms with van der Waals surface area (Å²) in [5, 5.41) is 0. The van der Waals surface area contributed by atoms with Crippen LogP contribution in [0.15, 0.2) is 0 Å². The second-order valence-electron chi connectivity index (χ2n) is 3.85. The Balaban J connectivity index is 4.31. The first-order chi connectivity index (χ1) is 6.64. The molecule has 0 amide bonds. The molecule has 0 N–H and O–H groups in total. The van der Waals surface area contributed by atoms with E-state index >= 15 is 0 Å². The van der Waals surface area contributed by atoms with Crippen molar-refractivity contribution in [2.45, 2.75) is 59.7 Å². The summed E-state index contributed by atoms with van der Waals surface area (Å²) in [5.41, 5.74) is 0. The van der Waals surface area contributed by atoms with Crippen molar-refractivity contribution in [2.24, 2.45) is 5.92 Å². The molecule has 0 aliphatic rings. The number of rotatable bonds is 8. The van der Waals surface area contributed by atoms with Crippen molar-refractivity contribution in [1.82, 2.24) is 0 Å². The maximum Gasteiger partial charge on any atom is 0.168 e. The van der Waals surface area contributed by atoms with Crippen LogP contribution in [0.25, 0.3) is 0 Å². The second kappa shape index (κ2) is 7.24. The van der Waals surface area contributed by atoms with Crippen molar-refractivity contribution in [3.05, 3.63) is 0 Å². The van der Waals surface area contributed by atoms with Crippen LogP contribution in [0.2, 0.25) is 0 Å². The average Bonchev–Trinajstić information content (AvgIpc) is 2.18. The number of ether oxygens (including phenoxy) is 2. The minimum Gasteiger partial charge on any atom is -0.350 e. The van der Waals surface area contributed by atoms with Crippen LogP contribution in [0.1, 0.15) is 53.9 Å². The molecule has 0 bridgehead atoms. The first-order valence-corrected chi connectivity index (χ1v) is 5.91. The van der Waals surface area contributed by atoms with Gasteiger partial charge in [0, 0.05) is 19.6 Å². The van der Waals surface area contributed by atoms with Gasteiger partial charge in [-0.3, -0.25) is 0 Å². The third-order valence-corrected chi connectivity index (χ3v) is 2.71. The average molecular weight is 202 g/mol. The Morgan fingerprint density at radius 2 is 1.50 bits per heavy atom. The second-order valence-corrected chi connectivity index (χ2v) is 3.85. The van der Waals surface area contributed by atoms with Crippen LogP contribution in [-0.2, 0) is 9.47 Å². The predicted molar refractivity (Wildman–Crippen MR) is 60.3 cm³/mol. The van der Waals surface area contributed by atoms with Gasteiger partial charge in [0.2, 0.25) is 0 Å². The van der Waals surface area contributed by atoms with Gasteiger partial charge in [-0.1, -0.05) is 27.2 Å². The first kappa shape index (κ1) is 13.9. The maximum atomic E-state index is 5.77. The Kier molecular flexibility index (Phi) is 7.20. The molecule has 0 spiro atoms. The van der Waals surface area contributed by atoms with Crippen molar-refractivity contribution >= 4 is 0 Å². The van der Waals surface area contributed by atoms with E-state index in [4.69, 9.17) is 9.47 Å². The van der Waals surface area contributed by atoms with Crippen LogP contribution in [-0.4, -0.2) is 19.0 Å². The molecule has 2 heteroatoms. The fourth-order valence-electron chi connectivity index (χ4n) is 1.71. The largest absolute Gasteiger partial charge is 0.350 e. The molecule has 0 aliphatic heterocycles. The van der Waals surface area contributed by atoms with Crippen LogP contribution >= 0.6 is 0 Å². The summed E-state index contributed by atoms with van der Waals surface area (Å²) in [6.07, 6.45) is 3.11. The van der Waals surface area contributed by atoms with Crippen LogP contribution in [0.3, 0.4) is 0 Å². The Hall–Kier alpha value is -0.0800.